The zero-order valence-corrected chi connectivity index (χ0v) is 12.6. The molecule has 0 heterocycles. The summed E-state index contributed by atoms with van der Waals surface area (Å²) in [6.45, 7) is 0.583. The SMILES string of the molecule is COc1cc(CNc2ccc(Cl)c(C#N)c2)cc(OC)c1. The number of hydrogen-bond acceptors (Lipinski definition) is 4. The predicted octanol–water partition coefficient (Wildman–Crippen LogP) is 3.84. The van der Waals surface area contributed by atoms with Crippen LogP contribution in [0.15, 0.2) is 36.4 Å². The van der Waals surface area contributed by atoms with Crippen LogP contribution in [0.4, 0.5) is 5.69 Å². The van der Waals surface area contributed by atoms with E-state index in [0.717, 1.165) is 22.7 Å². The van der Waals surface area contributed by atoms with Crippen molar-refractivity contribution >= 4 is 17.3 Å². The molecule has 1 N–H and O–H groups in total. The summed E-state index contributed by atoms with van der Waals surface area (Å²) in [6.07, 6.45) is 0. The fraction of sp³-hybridized carbons (Fsp3) is 0.188. The highest BCUT2D eigenvalue weighted by Crippen LogP contribution is 2.24. The molecule has 0 aromatic heterocycles. The number of rotatable bonds is 5. The third-order valence-electron chi connectivity index (χ3n) is 2.99. The third-order valence-corrected chi connectivity index (χ3v) is 3.32. The van der Waals surface area contributed by atoms with Crippen molar-refractivity contribution in [2.75, 3.05) is 19.5 Å². The molecule has 0 amide bonds. The highest BCUT2D eigenvalue weighted by atomic mass is 35.5. The van der Waals surface area contributed by atoms with Gasteiger partial charge in [0.1, 0.15) is 17.6 Å². The van der Waals surface area contributed by atoms with Crippen LogP contribution in [0.1, 0.15) is 11.1 Å². The molecule has 0 aliphatic heterocycles. The van der Waals surface area contributed by atoms with Crippen molar-refractivity contribution in [3.05, 3.63) is 52.5 Å². The first-order valence-electron chi connectivity index (χ1n) is 6.31. The molecule has 0 fully saturated rings. The Hall–Kier alpha value is -2.38. The molecular formula is C16H15ClN2O2. The quantitative estimate of drug-likeness (QED) is 0.911. The standard InChI is InChI=1S/C16H15ClN2O2/c1-20-14-5-11(6-15(8-14)21-2)10-19-13-3-4-16(17)12(7-13)9-18/h3-8,19H,10H2,1-2H3. The van der Waals surface area contributed by atoms with Crippen molar-refractivity contribution in [1.82, 2.24) is 0 Å². The van der Waals surface area contributed by atoms with Gasteiger partial charge in [0, 0.05) is 18.3 Å². The maximum Gasteiger partial charge on any atom is 0.122 e. The van der Waals surface area contributed by atoms with Crippen LogP contribution in [0, 0.1) is 11.3 Å². The van der Waals surface area contributed by atoms with Gasteiger partial charge in [-0.05, 0) is 35.9 Å². The smallest absolute Gasteiger partial charge is 0.122 e. The fourth-order valence-electron chi connectivity index (χ4n) is 1.89. The van der Waals surface area contributed by atoms with E-state index in [1.165, 1.54) is 0 Å². The van der Waals surface area contributed by atoms with E-state index >= 15 is 0 Å². The Labute approximate surface area is 128 Å². The molecule has 2 rings (SSSR count). The summed E-state index contributed by atoms with van der Waals surface area (Å²) in [5, 5.41) is 12.7. The van der Waals surface area contributed by atoms with E-state index in [4.69, 9.17) is 26.3 Å². The Morgan fingerprint density at radius 2 is 1.76 bits per heavy atom. The second-order valence-electron chi connectivity index (χ2n) is 4.38. The predicted molar refractivity (Wildman–Crippen MR) is 83.0 cm³/mol. The van der Waals surface area contributed by atoms with E-state index < -0.39 is 0 Å². The number of hydrogen-bond donors (Lipinski definition) is 1. The van der Waals surface area contributed by atoms with Crippen LogP contribution in [0.2, 0.25) is 5.02 Å². The number of nitriles is 1. The van der Waals surface area contributed by atoms with E-state index in [1.54, 1.807) is 26.4 Å². The molecule has 0 spiro atoms. The first kappa shape index (κ1) is 15.0. The maximum atomic E-state index is 8.97. The maximum absolute atomic E-state index is 8.97. The Morgan fingerprint density at radius 3 is 2.33 bits per heavy atom. The number of methoxy groups -OCH3 is 2. The lowest BCUT2D eigenvalue weighted by Crippen LogP contribution is -2.01. The molecule has 0 radical (unpaired) electrons. The number of halogens is 1. The molecule has 21 heavy (non-hydrogen) atoms. The van der Waals surface area contributed by atoms with E-state index in [2.05, 4.69) is 11.4 Å². The van der Waals surface area contributed by atoms with Gasteiger partial charge in [-0.2, -0.15) is 5.26 Å². The number of nitrogens with zero attached hydrogens (tertiary/aromatic N) is 1. The minimum atomic E-state index is 0.449. The van der Waals surface area contributed by atoms with Gasteiger partial charge in [-0.3, -0.25) is 0 Å². The fourth-order valence-corrected chi connectivity index (χ4v) is 2.05. The monoisotopic (exact) mass is 302 g/mol. The zero-order chi connectivity index (χ0) is 15.2. The van der Waals surface area contributed by atoms with Gasteiger partial charge in [-0.25, -0.2) is 0 Å². The molecule has 108 valence electrons. The molecule has 4 nitrogen and oxygen atoms in total. The summed E-state index contributed by atoms with van der Waals surface area (Å²) in [5.74, 6) is 1.47. The lowest BCUT2D eigenvalue weighted by atomic mass is 10.1. The molecule has 2 aromatic rings. The van der Waals surface area contributed by atoms with E-state index in [1.807, 2.05) is 24.3 Å². The number of nitrogens with one attached hydrogen (secondary N) is 1. The summed E-state index contributed by atoms with van der Waals surface area (Å²) >= 11 is 5.91. The van der Waals surface area contributed by atoms with Crippen molar-refractivity contribution in [1.29, 1.82) is 5.26 Å². The first-order valence-corrected chi connectivity index (χ1v) is 6.69. The van der Waals surface area contributed by atoms with Crippen molar-refractivity contribution < 1.29 is 9.47 Å². The van der Waals surface area contributed by atoms with Crippen LogP contribution >= 0.6 is 11.6 Å². The first-order chi connectivity index (χ1) is 10.2. The Bertz CT molecular complexity index is 658. The second kappa shape index (κ2) is 6.87. The van der Waals surface area contributed by atoms with Crippen LogP contribution in [0.5, 0.6) is 11.5 Å². The number of ether oxygens (including phenoxy) is 2. The second-order valence-corrected chi connectivity index (χ2v) is 4.79. The number of benzene rings is 2. The van der Waals surface area contributed by atoms with Gasteiger partial charge in [-0.1, -0.05) is 11.6 Å². The zero-order valence-electron chi connectivity index (χ0n) is 11.8. The van der Waals surface area contributed by atoms with Gasteiger partial charge in [0.05, 0.1) is 24.8 Å². The summed E-state index contributed by atoms with van der Waals surface area (Å²) in [7, 11) is 3.23. The highest BCUT2D eigenvalue weighted by molar-refractivity contribution is 6.31. The van der Waals surface area contributed by atoms with Crippen molar-refractivity contribution in [2.45, 2.75) is 6.54 Å². The summed E-state index contributed by atoms with van der Waals surface area (Å²) in [6, 6.07) is 13.0. The molecule has 5 heteroatoms. The van der Waals surface area contributed by atoms with Crippen LogP contribution < -0.4 is 14.8 Å². The van der Waals surface area contributed by atoms with E-state index in [9.17, 15) is 0 Å². The highest BCUT2D eigenvalue weighted by Gasteiger charge is 2.04. The van der Waals surface area contributed by atoms with Crippen LogP contribution in [-0.4, -0.2) is 14.2 Å². The van der Waals surface area contributed by atoms with Gasteiger partial charge < -0.3 is 14.8 Å². The lowest BCUT2D eigenvalue weighted by Gasteiger charge is -2.11. The molecule has 2 aromatic carbocycles. The van der Waals surface area contributed by atoms with Gasteiger partial charge >= 0.3 is 0 Å². The third kappa shape index (κ3) is 3.80. The molecule has 0 unspecified atom stereocenters. The minimum absolute atomic E-state index is 0.449. The van der Waals surface area contributed by atoms with Crippen molar-refractivity contribution in [2.24, 2.45) is 0 Å². The van der Waals surface area contributed by atoms with Crippen molar-refractivity contribution in [3.63, 3.8) is 0 Å². The molecular weight excluding hydrogens is 288 g/mol. The number of anilines is 1. The van der Waals surface area contributed by atoms with Gasteiger partial charge in [-0.15, -0.1) is 0 Å². The Balaban J connectivity index is 2.14. The van der Waals surface area contributed by atoms with Crippen molar-refractivity contribution in [3.8, 4) is 17.6 Å². The average molecular weight is 303 g/mol. The molecule has 0 aliphatic rings. The summed E-state index contributed by atoms with van der Waals surface area (Å²) in [4.78, 5) is 0. The van der Waals surface area contributed by atoms with Crippen LogP contribution in [-0.2, 0) is 6.54 Å². The lowest BCUT2D eigenvalue weighted by molar-refractivity contribution is 0.393. The van der Waals surface area contributed by atoms with Gasteiger partial charge in [0.2, 0.25) is 0 Å². The summed E-state index contributed by atoms with van der Waals surface area (Å²) in [5.41, 5.74) is 2.29. The van der Waals surface area contributed by atoms with E-state index in [-0.39, 0.29) is 0 Å². The molecule has 0 saturated heterocycles. The average Bonchev–Trinajstić information content (AvgIpc) is 2.53. The van der Waals surface area contributed by atoms with Crippen LogP contribution in [0.25, 0.3) is 0 Å². The largest absolute Gasteiger partial charge is 0.497 e. The van der Waals surface area contributed by atoms with E-state index in [0.29, 0.717) is 17.1 Å². The Kier molecular flexibility index (Phi) is 4.91. The Morgan fingerprint density at radius 1 is 1.10 bits per heavy atom. The molecule has 0 aliphatic carbocycles. The van der Waals surface area contributed by atoms with Gasteiger partial charge in [0.15, 0.2) is 0 Å². The molecule has 0 bridgehead atoms. The minimum Gasteiger partial charge on any atom is -0.497 e. The normalized spacial score (nSPS) is 9.81. The van der Waals surface area contributed by atoms with Crippen LogP contribution in [0.3, 0.4) is 0 Å². The molecule has 0 saturated carbocycles. The summed E-state index contributed by atoms with van der Waals surface area (Å²) < 4.78 is 10.5. The molecule has 0 atom stereocenters. The van der Waals surface area contributed by atoms with Gasteiger partial charge in [0.25, 0.3) is 0 Å². The topological polar surface area (TPSA) is 54.3 Å².